The lowest BCUT2D eigenvalue weighted by Crippen LogP contribution is -2.12. The van der Waals surface area contributed by atoms with Crippen molar-refractivity contribution in [3.63, 3.8) is 0 Å². The minimum absolute atomic E-state index is 0.0802. The minimum Gasteiger partial charge on any atom is -0.505 e. The molecular weight excluding hydrogens is 309 g/mol. The molecule has 0 amide bonds. The van der Waals surface area contributed by atoms with Gasteiger partial charge in [-0.05, 0) is 18.2 Å². The third-order valence-electron chi connectivity index (χ3n) is 2.30. The summed E-state index contributed by atoms with van der Waals surface area (Å²) in [5, 5.41) is 18.9. The molecular formula is C11H8FNO5S2. The van der Waals surface area contributed by atoms with E-state index in [0.717, 1.165) is 29.5 Å². The predicted molar refractivity (Wildman–Crippen MR) is 70.2 cm³/mol. The highest BCUT2D eigenvalue weighted by Gasteiger charge is 2.19. The van der Waals surface area contributed by atoms with E-state index in [1.165, 1.54) is 11.4 Å². The summed E-state index contributed by atoms with van der Waals surface area (Å²) in [5.74, 6) is -2.80. The van der Waals surface area contributed by atoms with Crippen molar-refractivity contribution in [2.75, 3.05) is 4.72 Å². The van der Waals surface area contributed by atoms with Gasteiger partial charge in [0, 0.05) is 11.4 Å². The van der Waals surface area contributed by atoms with Gasteiger partial charge in [0.1, 0.15) is 4.88 Å². The van der Waals surface area contributed by atoms with Gasteiger partial charge in [0.2, 0.25) is 0 Å². The summed E-state index contributed by atoms with van der Waals surface area (Å²) in [5.41, 5.74) is -0.0802. The van der Waals surface area contributed by atoms with Gasteiger partial charge in [0.15, 0.2) is 11.6 Å². The first-order valence-electron chi connectivity index (χ1n) is 5.13. The third-order valence-corrected chi connectivity index (χ3v) is 4.72. The number of nitrogens with one attached hydrogen (secondary N) is 1. The second-order valence-corrected chi connectivity index (χ2v) is 6.32. The van der Waals surface area contributed by atoms with Crippen LogP contribution in [0.4, 0.5) is 10.1 Å². The molecule has 9 heteroatoms. The Bertz CT molecular complexity index is 769. The van der Waals surface area contributed by atoms with E-state index in [2.05, 4.69) is 4.72 Å². The largest absolute Gasteiger partial charge is 0.505 e. The lowest BCUT2D eigenvalue weighted by molar-refractivity contribution is 0.0702. The van der Waals surface area contributed by atoms with E-state index >= 15 is 0 Å². The SMILES string of the molecule is O=C(O)c1cc(S(=O)(=O)Nc2ccc(O)c(F)c2)cs1. The standard InChI is InChI=1S/C11H8FNO5S2/c12-8-3-6(1-2-9(8)14)13-20(17,18)7-4-10(11(15)16)19-5-7/h1-5,13-14H,(H,15,16). The summed E-state index contributed by atoms with van der Waals surface area (Å²) < 4.78 is 39.1. The highest BCUT2D eigenvalue weighted by molar-refractivity contribution is 7.92. The molecule has 0 saturated heterocycles. The summed E-state index contributed by atoms with van der Waals surface area (Å²) in [6.07, 6.45) is 0. The molecule has 20 heavy (non-hydrogen) atoms. The van der Waals surface area contributed by atoms with E-state index in [-0.39, 0.29) is 15.5 Å². The molecule has 0 aliphatic rings. The zero-order valence-corrected chi connectivity index (χ0v) is 11.3. The van der Waals surface area contributed by atoms with Gasteiger partial charge in [-0.2, -0.15) is 0 Å². The van der Waals surface area contributed by atoms with E-state index in [1.807, 2.05) is 0 Å². The first kappa shape index (κ1) is 14.3. The fourth-order valence-electron chi connectivity index (χ4n) is 1.36. The maximum Gasteiger partial charge on any atom is 0.345 e. The number of aromatic hydroxyl groups is 1. The molecule has 3 N–H and O–H groups in total. The van der Waals surface area contributed by atoms with Crippen LogP contribution in [0, 0.1) is 5.82 Å². The predicted octanol–water partition coefficient (Wildman–Crippen LogP) is 2.09. The molecule has 0 spiro atoms. The van der Waals surface area contributed by atoms with Crippen molar-refractivity contribution in [1.29, 1.82) is 0 Å². The van der Waals surface area contributed by atoms with Crippen molar-refractivity contribution >= 4 is 33.0 Å². The highest BCUT2D eigenvalue weighted by atomic mass is 32.2. The quantitative estimate of drug-likeness (QED) is 0.749. The smallest absolute Gasteiger partial charge is 0.345 e. The Morgan fingerprint density at radius 2 is 2.00 bits per heavy atom. The van der Waals surface area contributed by atoms with Gasteiger partial charge < -0.3 is 10.2 Å². The van der Waals surface area contributed by atoms with Gasteiger partial charge in [0.05, 0.1) is 10.6 Å². The lowest BCUT2D eigenvalue weighted by Gasteiger charge is -2.06. The molecule has 0 aliphatic carbocycles. The number of carbonyl (C=O) groups is 1. The van der Waals surface area contributed by atoms with Crippen LogP contribution in [0.15, 0.2) is 34.5 Å². The normalized spacial score (nSPS) is 11.2. The van der Waals surface area contributed by atoms with Crippen LogP contribution < -0.4 is 4.72 Å². The average Bonchev–Trinajstić information content (AvgIpc) is 2.84. The van der Waals surface area contributed by atoms with E-state index < -0.39 is 27.6 Å². The van der Waals surface area contributed by atoms with E-state index in [9.17, 15) is 17.6 Å². The maximum atomic E-state index is 13.1. The molecule has 0 unspecified atom stereocenters. The Morgan fingerprint density at radius 3 is 2.55 bits per heavy atom. The van der Waals surface area contributed by atoms with E-state index in [0.29, 0.717) is 0 Å². The van der Waals surface area contributed by atoms with Crippen molar-refractivity contribution in [1.82, 2.24) is 0 Å². The zero-order chi connectivity index (χ0) is 14.9. The fraction of sp³-hybridized carbons (Fsp3) is 0. The molecule has 0 fully saturated rings. The molecule has 0 bridgehead atoms. The average molecular weight is 317 g/mol. The van der Waals surface area contributed by atoms with Crippen molar-refractivity contribution < 1.29 is 27.8 Å². The lowest BCUT2D eigenvalue weighted by atomic mass is 10.3. The van der Waals surface area contributed by atoms with Crippen LogP contribution in [-0.4, -0.2) is 24.6 Å². The number of phenols is 1. The van der Waals surface area contributed by atoms with Crippen molar-refractivity contribution in [2.24, 2.45) is 0 Å². The number of phenolic OH excluding ortho intramolecular Hbond substituents is 1. The number of halogens is 1. The van der Waals surface area contributed by atoms with Crippen LogP contribution in [0.2, 0.25) is 0 Å². The minimum atomic E-state index is -4.01. The Hall–Kier alpha value is -2.13. The van der Waals surface area contributed by atoms with Gasteiger partial charge in [-0.3, -0.25) is 4.72 Å². The zero-order valence-electron chi connectivity index (χ0n) is 9.70. The summed E-state index contributed by atoms with van der Waals surface area (Å²) in [4.78, 5) is 10.3. The molecule has 0 aliphatic heterocycles. The van der Waals surface area contributed by atoms with Crippen molar-refractivity contribution in [3.8, 4) is 5.75 Å². The van der Waals surface area contributed by atoms with E-state index in [1.54, 1.807) is 0 Å². The number of carboxylic acids is 1. The summed E-state index contributed by atoms with van der Waals surface area (Å²) >= 11 is 0.768. The first-order chi connectivity index (χ1) is 9.29. The van der Waals surface area contributed by atoms with Crippen molar-refractivity contribution in [2.45, 2.75) is 4.90 Å². The van der Waals surface area contributed by atoms with Crippen LogP contribution in [0.25, 0.3) is 0 Å². The van der Waals surface area contributed by atoms with Gasteiger partial charge in [-0.15, -0.1) is 11.3 Å². The summed E-state index contributed by atoms with van der Waals surface area (Å²) in [7, 11) is -4.01. The van der Waals surface area contributed by atoms with Crippen LogP contribution in [0.3, 0.4) is 0 Å². The molecule has 2 rings (SSSR count). The van der Waals surface area contributed by atoms with Gasteiger partial charge in [0.25, 0.3) is 10.0 Å². The number of thiophene rings is 1. The highest BCUT2D eigenvalue weighted by Crippen LogP contribution is 2.24. The molecule has 1 heterocycles. The van der Waals surface area contributed by atoms with Gasteiger partial charge in [-0.1, -0.05) is 0 Å². The molecule has 1 aromatic heterocycles. The third kappa shape index (κ3) is 2.89. The van der Waals surface area contributed by atoms with Crippen molar-refractivity contribution in [3.05, 3.63) is 40.3 Å². The Kier molecular flexibility index (Phi) is 3.64. The summed E-state index contributed by atoms with van der Waals surface area (Å²) in [6, 6.07) is 4.01. The van der Waals surface area contributed by atoms with Crippen LogP contribution in [0.5, 0.6) is 5.75 Å². The molecule has 6 nitrogen and oxygen atoms in total. The maximum absolute atomic E-state index is 13.1. The number of aromatic carboxylic acids is 1. The number of anilines is 1. The van der Waals surface area contributed by atoms with E-state index in [4.69, 9.17) is 10.2 Å². The monoisotopic (exact) mass is 317 g/mol. The van der Waals surface area contributed by atoms with Crippen LogP contribution >= 0.6 is 11.3 Å². The number of rotatable bonds is 4. The second kappa shape index (κ2) is 5.10. The molecule has 0 radical (unpaired) electrons. The summed E-state index contributed by atoms with van der Waals surface area (Å²) in [6.45, 7) is 0. The Labute approximate surface area is 117 Å². The number of carboxylic acid groups (broad SMARTS) is 1. The molecule has 106 valence electrons. The first-order valence-corrected chi connectivity index (χ1v) is 7.49. The number of hydrogen-bond acceptors (Lipinski definition) is 5. The number of benzene rings is 1. The van der Waals surface area contributed by atoms with Gasteiger partial charge >= 0.3 is 5.97 Å². The second-order valence-electron chi connectivity index (χ2n) is 3.72. The molecule has 0 saturated carbocycles. The van der Waals surface area contributed by atoms with Crippen LogP contribution in [0.1, 0.15) is 9.67 Å². The van der Waals surface area contributed by atoms with Crippen LogP contribution in [-0.2, 0) is 10.0 Å². The number of hydrogen-bond donors (Lipinski definition) is 3. The molecule has 0 atom stereocenters. The fourth-order valence-corrected chi connectivity index (χ4v) is 3.52. The topological polar surface area (TPSA) is 104 Å². The van der Waals surface area contributed by atoms with Gasteiger partial charge in [-0.25, -0.2) is 17.6 Å². The Balaban J connectivity index is 2.30. The molecule has 2 aromatic rings. The number of sulfonamides is 1. The Morgan fingerprint density at radius 1 is 1.30 bits per heavy atom. The molecule has 1 aromatic carbocycles.